The molecule has 1 amide bonds. The van der Waals surface area contributed by atoms with E-state index in [4.69, 9.17) is 4.74 Å². The molecule has 6 nitrogen and oxygen atoms in total. The van der Waals surface area contributed by atoms with Crippen molar-refractivity contribution < 1.29 is 32.6 Å². The van der Waals surface area contributed by atoms with Crippen LogP contribution in [-0.2, 0) is 11.0 Å². The lowest BCUT2D eigenvalue weighted by Gasteiger charge is -2.33. The molecule has 202 valence electrons. The highest BCUT2D eigenvalue weighted by atomic mass is 32.1. The number of rotatable bonds is 6. The molecule has 0 bridgehead atoms. The first-order valence-electron chi connectivity index (χ1n) is 12.2. The fraction of sp³-hybridized carbons (Fsp3) is 0.393. The van der Waals surface area contributed by atoms with Crippen LogP contribution in [-0.4, -0.2) is 45.6 Å². The van der Waals surface area contributed by atoms with E-state index in [1.54, 1.807) is 17.9 Å². The first-order valence-corrected chi connectivity index (χ1v) is 13.0. The standard InChI is InChI=1S/C28H29F3N2O4S/c1-16-14-19(9-12-22(16)37-27(3,4)26(35)36)20-6-5-13-33(15-20)25(34)23-17(2)32-24(38-23)18-7-10-21(11-8-18)28(29,30)31/h7-12,14,20H,5-6,13,15H2,1-4H3,(H,35,36). The topological polar surface area (TPSA) is 79.7 Å². The molecule has 0 aliphatic carbocycles. The number of aliphatic carboxylic acids is 1. The van der Waals surface area contributed by atoms with E-state index in [1.807, 2.05) is 19.1 Å². The van der Waals surface area contributed by atoms with Gasteiger partial charge in [0, 0.05) is 24.6 Å². The van der Waals surface area contributed by atoms with Gasteiger partial charge in [0.25, 0.3) is 5.91 Å². The molecule has 2 heterocycles. The molecule has 1 saturated heterocycles. The second kappa shape index (κ2) is 10.4. The molecule has 1 aliphatic rings. The minimum atomic E-state index is -4.41. The summed E-state index contributed by atoms with van der Waals surface area (Å²) in [4.78, 5) is 31.6. The smallest absolute Gasteiger partial charge is 0.416 e. The highest BCUT2D eigenvalue weighted by Gasteiger charge is 2.32. The molecule has 1 aromatic heterocycles. The molecular weight excluding hydrogens is 517 g/mol. The largest absolute Gasteiger partial charge is 0.478 e. The second-order valence-electron chi connectivity index (χ2n) is 10.0. The summed E-state index contributed by atoms with van der Waals surface area (Å²) < 4.78 is 44.4. The summed E-state index contributed by atoms with van der Waals surface area (Å²) in [6, 6.07) is 10.5. The Kier molecular flexibility index (Phi) is 7.56. The number of amides is 1. The predicted molar refractivity (Wildman–Crippen MR) is 139 cm³/mol. The molecule has 0 spiro atoms. The Labute approximate surface area is 223 Å². The summed E-state index contributed by atoms with van der Waals surface area (Å²) in [5.74, 6) is -0.582. The minimum Gasteiger partial charge on any atom is -0.478 e. The predicted octanol–water partition coefficient (Wildman–Crippen LogP) is 6.71. The van der Waals surface area contributed by atoms with Crippen LogP contribution in [0.2, 0.25) is 0 Å². The van der Waals surface area contributed by atoms with Crippen LogP contribution in [0.15, 0.2) is 42.5 Å². The number of hydrogen-bond acceptors (Lipinski definition) is 5. The fourth-order valence-corrected chi connectivity index (χ4v) is 5.50. The van der Waals surface area contributed by atoms with E-state index >= 15 is 0 Å². The molecule has 10 heteroatoms. The molecule has 0 radical (unpaired) electrons. The highest BCUT2D eigenvalue weighted by Crippen LogP contribution is 2.35. The number of alkyl halides is 3. The number of carboxylic acids is 1. The maximum atomic E-state index is 13.4. The second-order valence-corrected chi connectivity index (χ2v) is 11.0. The highest BCUT2D eigenvalue weighted by molar-refractivity contribution is 7.17. The summed E-state index contributed by atoms with van der Waals surface area (Å²) >= 11 is 1.19. The number of carbonyl (C=O) groups excluding carboxylic acids is 1. The number of piperidine rings is 1. The number of ether oxygens (including phenoxy) is 1. The van der Waals surface area contributed by atoms with Gasteiger partial charge in [-0.2, -0.15) is 13.2 Å². The molecule has 1 atom stereocenters. The van der Waals surface area contributed by atoms with E-state index in [-0.39, 0.29) is 11.8 Å². The number of thiazole rings is 1. The van der Waals surface area contributed by atoms with Crippen molar-refractivity contribution in [3.05, 3.63) is 69.7 Å². The first-order chi connectivity index (χ1) is 17.8. The van der Waals surface area contributed by atoms with Gasteiger partial charge in [-0.15, -0.1) is 11.3 Å². The molecule has 1 unspecified atom stereocenters. The van der Waals surface area contributed by atoms with Crippen LogP contribution < -0.4 is 4.74 Å². The Balaban J connectivity index is 1.49. The summed E-state index contributed by atoms with van der Waals surface area (Å²) in [6.45, 7) is 7.72. The lowest BCUT2D eigenvalue weighted by molar-refractivity contribution is -0.152. The van der Waals surface area contributed by atoms with E-state index in [0.29, 0.717) is 40.0 Å². The van der Waals surface area contributed by atoms with E-state index in [2.05, 4.69) is 4.98 Å². The molecule has 38 heavy (non-hydrogen) atoms. The maximum Gasteiger partial charge on any atom is 0.416 e. The normalized spacial score (nSPS) is 16.4. The van der Waals surface area contributed by atoms with Gasteiger partial charge in [-0.05, 0) is 69.9 Å². The van der Waals surface area contributed by atoms with Gasteiger partial charge in [-0.1, -0.05) is 24.3 Å². The number of benzene rings is 2. The van der Waals surface area contributed by atoms with Crippen molar-refractivity contribution >= 4 is 23.2 Å². The zero-order chi connectivity index (χ0) is 27.8. The number of nitrogens with zero attached hydrogens (tertiary/aromatic N) is 2. The van der Waals surface area contributed by atoms with E-state index in [1.165, 1.54) is 37.3 Å². The number of aromatic nitrogens is 1. The average Bonchev–Trinajstić information content (AvgIpc) is 3.25. The number of likely N-dealkylation sites (tertiary alicyclic amines) is 1. The quantitative estimate of drug-likeness (QED) is 0.372. The monoisotopic (exact) mass is 546 g/mol. The third-order valence-electron chi connectivity index (χ3n) is 6.71. The number of carboxylic acid groups (broad SMARTS) is 1. The van der Waals surface area contributed by atoms with Crippen molar-refractivity contribution in [2.75, 3.05) is 13.1 Å². The SMILES string of the molecule is Cc1cc(C2CCCN(C(=O)c3sc(-c4ccc(C(F)(F)F)cc4)nc3C)C2)ccc1OC(C)(C)C(=O)O. The van der Waals surface area contributed by atoms with Gasteiger partial charge >= 0.3 is 12.1 Å². The van der Waals surface area contributed by atoms with E-state index < -0.39 is 23.3 Å². The summed E-state index contributed by atoms with van der Waals surface area (Å²) in [5, 5.41) is 9.85. The number of carbonyl (C=O) groups is 2. The third kappa shape index (κ3) is 5.85. The molecule has 1 N–H and O–H groups in total. The van der Waals surface area contributed by atoms with Crippen LogP contribution in [0.1, 0.15) is 64.7 Å². The van der Waals surface area contributed by atoms with Crippen LogP contribution >= 0.6 is 11.3 Å². The van der Waals surface area contributed by atoms with Gasteiger partial charge in [-0.25, -0.2) is 9.78 Å². The molecule has 1 fully saturated rings. The van der Waals surface area contributed by atoms with Crippen LogP contribution in [0.3, 0.4) is 0 Å². The van der Waals surface area contributed by atoms with Gasteiger partial charge in [0.1, 0.15) is 15.6 Å². The zero-order valence-electron chi connectivity index (χ0n) is 21.6. The molecular formula is C28H29F3N2O4S. The van der Waals surface area contributed by atoms with Crippen molar-refractivity contribution in [1.29, 1.82) is 0 Å². The third-order valence-corrected chi connectivity index (χ3v) is 7.90. The summed E-state index contributed by atoms with van der Waals surface area (Å²) in [5.41, 5.74) is 0.866. The Morgan fingerprint density at radius 3 is 2.39 bits per heavy atom. The molecule has 4 rings (SSSR count). The number of hydrogen-bond donors (Lipinski definition) is 1. The lowest BCUT2D eigenvalue weighted by atomic mass is 9.89. The van der Waals surface area contributed by atoms with Crippen LogP contribution in [0.25, 0.3) is 10.6 Å². The minimum absolute atomic E-state index is 0.107. The van der Waals surface area contributed by atoms with E-state index in [9.17, 15) is 27.9 Å². The average molecular weight is 547 g/mol. The Morgan fingerprint density at radius 1 is 1.11 bits per heavy atom. The van der Waals surface area contributed by atoms with Crippen LogP contribution in [0.5, 0.6) is 5.75 Å². The van der Waals surface area contributed by atoms with Crippen molar-refractivity contribution in [2.45, 2.75) is 58.2 Å². The van der Waals surface area contributed by atoms with Crippen molar-refractivity contribution in [1.82, 2.24) is 9.88 Å². The maximum absolute atomic E-state index is 13.4. The first kappa shape index (κ1) is 27.6. The Hall–Kier alpha value is -3.40. The van der Waals surface area contributed by atoms with Crippen molar-refractivity contribution in [3.63, 3.8) is 0 Å². The van der Waals surface area contributed by atoms with Gasteiger partial charge < -0.3 is 14.7 Å². The van der Waals surface area contributed by atoms with Crippen LogP contribution in [0.4, 0.5) is 13.2 Å². The lowest BCUT2D eigenvalue weighted by Crippen LogP contribution is -2.39. The van der Waals surface area contributed by atoms with Gasteiger partial charge in [0.15, 0.2) is 5.60 Å². The van der Waals surface area contributed by atoms with E-state index in [0.717, 1.165) is 36.1 Å². The summed E-state index contributed by atoms with van der Waals surface area (Å²) in [6.07, 6.45) is -2.68. The molecule has 2 aromatic carbocycles. The molecule has 3 aromatic rings. The molecule has 0 saturated carbocycles. The number of halogens is 3. The van der Waals surface area contributed by atoms with Gasteiger partial charge in [0.2, 0.25) is 0 Å². The summed E-state index contributed by atoms with van der Waals surface area (Å²) in [7, 11) is 0. The fourth-order valence-electron chi connectivity index (χ4n) is 4.46. The van der Waals surface area contributed by atoms with Crippen molar-refractivity contribution in [3.8, 4) is 16.3 Å². The Bertz CT molecular complexity index is 1350. The van der Waals surface area contributed by atoms with Gasteiger partial charge in [-0.3, -0.25) is 4.79 Å². The Morgan fingerprint density at radius 2 is 1.79 bits per heavy atom. The molecule has 1 aliphatic heterocycles. The van der Waals surface area contributed by atoms with Crippen molar-refractivity contribution in [2.24, 2.45) is 0 Å². The van der Waals surface area contributed by atoms with Crippen LogP contribution in [0, 0.1) is 13.8 Å². The van der Waals surface area contributed by atoms with Gasteiger partial charge in [0.05, 0.1) is 11.3 Å². The zero-order valence-corrected chi connectivity index (χ0v) is 22.4. The number of aryl methyl sites for hydroxylation is 2.